The summed E-state index contributed by atoms with van der Waals surface area (Å²) in [6, 6.07) is 5.54. The van der Waals surface area contributed by atoms with Crippen molar-refractivity contribution in [2.75, 3.05) is 0 Å². The number of pyridine rings is 1. The van der Waals surface area contributed by atoms with Crippen molar-refractivity contribution in [3.63, 3.8) is 0 Å². The van der Waals surface area contributed by atoms with E-state index < -0.39 is 29.9 Å². The summed E-state index contributed by atoms with van der Waals surface area (Å²) in [5.41, 5.74) is -0.712. The molecule has 21 heavy (non-hydrogen) atoms. The number of hydrogen-bond acceptors (Lipinski definition) is 2. The maximum Gasteiger partial charge on any atom is 0.417 e. The predicted octanol–water partition coefficient (Wildman–Crippen LogP) is 3.53. The molecule has 0 bridgehead atoms. The summed E-state index contributed by atoms with van der Waals surface area (Å²) in [6.45, 7) is 0. The van der Waals surface area contributed by atoms with Gasteiger partial charge in [0.2, 0.25) is 0 Å². The van der Waals surface area contributed by atoms with Gasteiger partial charge in [-0.2, -0.15) is 13.2 Å². The number of aliphatic carboxylic acids is 1. The van der Waals surface area contributed by atoms with Crippen LogP contribution in [0.15, 0.2) is 36.5 Å². The lowest BCUT2D eigenvalue weighted by atomic mass is 10.0. The normalized spacial score (nSPS) is 11.4. The number of nitrogens with zero attached hydrogens (tertiary/aromatic N) is 1. The van der Waals surface area contributed by atoms with Crippen molar-refractivity contribution in [3.8, 4) is 11.1 Å². The molecule has 7 heteroatoms. The number of halogens is 4. The quantitative estimate of drug-likeness (QED) is 0.882. The zero-order valence-electron chi connectivity index (χ0n) is 10.5. The fourth-order valence-corrected chi connectivity index (χ4v) is 1.81. The molecule has 3 nitrogen and oxygen atoms in total. The Morgan fingerprint density at radius 1 is 1.19 bits per heavy atom. The Kier molecular flexibility index (Phi) is 3.93. The molecule has 0 aliphatic rings. The van der Waals surface area contributed by atoms with Crippen LogP contribution < -0.4 is 0 Å². The molecule has 2 rings (SSSR count). The van der Waals surface area contributed by atoms with E-state index in [1.807, 2.05) is 0 Å². The topological polar surface area (TPSA) is 50.2 Å². The fourth-order valence-electron chi connectivity index (χ4n) is 1.81. The Morgan fingerprint density at radius 3 is 2.33 bits per heavy atom. The molecule has 0 amide bonds. The van der Waals surface area contributed by atoms with Crippen molar-refractivity contribution >= 4 is 5.97 Å². The third-order valence-corrected chi connectivity index (χ3v) is 2.77. The Bertz CT molecular complexity index is 666. The number of benzene rings is 1. The molecule has 1 heterocycles. The van der Waals surface area contributed by atoms with Gasteiger partial charge in [0.25, 0.3) is 0 Å². The Hall–Kier alpha value is -2.44. The third kappa shape index (κ3) is 3.56. The molecule has 1 N–H and O–H groups in total. The zero-order chi connectivity index (χ0) is 15.6. The smallest absolute Gasteiger partial charge is 0.417 e. The van der Waals surface area contributed by atoms with Gasteiger partial charge in [0, 0.05) is 11.8 Å². The highest BCUT2D eigenvalue weighted by Crippen LogP contribution is 2.33. The molecule has 0 spiro atoms. The van der Waals surface area contributed by atoms with Crippen LogP contribution in [-0.2, 0) is 17.4 Å². The summed E-state index contributed by atoms with van der Waals surface area (Å²) < 4.78 is 51.1. The number of carboxylic acid groups (broad SMARTS) is 1. The van der Waals surface area contributed by atoms with E-state index >= 15 is 0 Å². The monoisotopic (exact) mass is 299 g/mol. The molecule has 0 aliphatic heterocycles. The van der Waals surface area contributed by atoms with Crippen LogP contribution in [0.3, 0.4) is 0 Å². The van der Waals surface area contributed by atoms with Crippen molar-refractivity contribution in [1.82, 2.24) is 4.98 Å². The second-order valence-corrected chi connectivity index (χ2v) is 4.29. The molecule has 0 aliphatic carbocycles. The van der Waals surface area contributed by atoms with Gasteiger partial charge in [0.05, 0.1) is 17.7 Å². The third-order valence-electron chi connectivity index (χ3n) is 2.77. The first-order chi connectivity index (χ1) is 9.77. The Morgan fingerprint density at radius 2 is 1.81 bits per heavy atom. The first kappa shape index (κ1) is 15.0. The van der Waals surface area contributed by atoms with Crippen LogP contribution >= 0.6 is 0 Å². The molecule has 0 fully saturated rings. The number of carbonyl (C=O) groups is 1. The highest BCUT2D eigenvalue weighted by atomic mass is 19.4. The minimum atomic E-state index is -4.59. The van der Waals surface area contributed by atoms with Gasteiger partial charge in [-0.3, -0.25) is 9.78 Å². The van der Waals surface area contributed by atoms with Gasteiger partial charge in [0.1, 0.15) is 5.82 Å². The van der Waals surface area contributed by atoms with Crippen LogP contribution in [-0.4, -0.2) is 16.1 Å². The van der Waals surface area contributed by atoms with Crippen molar-refractivity contribution < 1.29 is 27.5 Å². The molecule has 2 aromatic rings. The van der Waals surface area contributed by atoms with E-state index in [0.717, 1.165) is 18.2 Å². The summed E-state index contributed by atoms with van der Waals surface area (Å²) in [6.07, 6.45) is -4.53. The van der Waals surface area contributed by atoms with Crippen molar-refractivity contribution in [2.24, 2.45) is 0 Å². The van der Waals surface area contributed by atoms with Gasteiger partial charge in [0.15, 0.2) is 0 Å². The van der Waals surface area contributed by atoms with Gasteiger partial charge in [-0.15, -0.1) is 0 Å². The predicted molar refractivity (Wildman–Crippen MR) is 66.0 cm³/mol. The van der Waals surface area contributed by atoms with Crippen molar-refractivity contribution in [2.45, 2.75) is 12.6 Å². The SMILES string of the molecule is O=C(O)Cc1ncc(C(F)(F)F)cc1-c1ccc(F)cc1. The zero-order valence-corrected chi connectivity index (χ0v) is 10.5. The Balaban J connectivity index is 2.57. The number of alkyl halides is 3. The molecular formula is C14H9F4NO2. The molecular weight excluding hydrogens is 290 g/mol. The van der Waals surface area contributed by atoms with Gasteiger partial charge in [-0.1, -0.05) is 12.1 Å². The second kappa shape index (κ2) is 5.51. The summed E-state index contributed by atoms with van der Waals surface area (Å²) in [7, 11) is 0. The largest absolute Gasteiger partial charge is 0.481 e. The number of hydrogen-bond donors (Lipinski definition) is 1. The van der Waals surface area contributed by atoms with E-state index in [1.165, 1.54) is 12.1 Å². The number of rotatable bonds is 3. The summed E-state index contributed by atoms with van der Waals surface area (Å²) in [4.78, 5) is 14.4. The lowest BCUT2D eigenvalue weighted by molar-refractivity contribution is -0.137. The number of carboxylic acids is 1. The maximum absolute atomic E-state index is 12.9. The van der Waals surface area contributed by atoms with Gasteiger partial charge < -0.3 is 5.11 Å². The minimum absolute atomic E-state index is 0.0119. The fraction of sp³-hybridized carbons (Fsp3) is 0.143. The molecule has 1 aromatic heterocycles. The lowest BCUT2D eigenvalue weighted by Gasteiger charge is -2.12. The summed E-state index contributed by atoms with van der Waals surface area (Å²) >= 11 is 0. The van der Waals surface area contributed by atoms with Gasteiger partial charge in [-0.05, 0) is 23.8 Å². The molecule has 1 aromatic carbocycles. The van der Waals surface area contributed by atoms with Crippen LogP contribution in [0.25, 0.3) is 11.1 Å². The van der Waals surface area contributed by atoms with Crippen molar-refractivity contribution in [1.29, 1.82) is 0 Å². The molecule has 0 unspecified atom stereocenters. The first-order valence-electron chi connectivity index (χ1n) is 5.81. The van der Waals surface area contributed by atoms with Crippen LogP contribution in [0.4, 0.5) is 17.6 Å². The van der Waals surface area contributed by atoms with E-state index in [1.54, 1.807) is 0 Å². The molecule has 0 saturated carbocycles. The van der Waals surface area contributed by atoms with Gasteiger partial charge >= 0.3 is 12.1 Å². The molecule has 0 saturated heterocycles. The first-order valence-corrected chi connectivity index (χ1v) is 5.81. The summed E-state index contributed by atoms with van der Waals surface area (Å²) in [5, 5.41) is 8.79. The number of aromatic nitrogens is 1. The average Bonchev–Trinajstić information content (AvgIpc) is 2.38. The van der Waals surface area contributed by atoms with Crippen LogP contribution in [0.1, 0.15) is 11.3 Å². The van der Waals surface area contributed by atoms with Crippen LogP contribution in [0, 0.1) is 5.82 Å². The standard InChI is InChI=1S/C14H9F4NO2/c15-10-3-1-8(2-4-10)11-5-9(14(16,17)18)7-19-12(11)6-13(20)21/h1-5,7H,6H2,(H,20,21). The maximum atomic E-state index is 12.9. The van der Waals surface area contributed by atoms with E-state index in [9.17, 15) is 22.4 Å². The van der Waals surface area contributed by atoms with E-state index in [4.69, 9.17) is 5.11 Å². The molecule has 0 radical (unpaired) electrons. The van der Waals surface area contributed by atoms with Crippen LogP contribution in [0.2, 0.25) is 0 Å². The minimum Gasteiger partial charge on any atom is -0.481 e. The lowest BCUT2D eigenvalue weighted by Crippen LogP contribution is -2.10. The summed E-state index contributed by atoms with van der Waals surface area (Å²) in [5.74, 6) is -1.76. The molecule has 110 valence electrons. The Labute approximate surface area is 116 Å². The highest BCUT2D eigenvalue weighted by Gasteiger charge is 2.32. The molecule has 0 atom stereocenters. The average molecular weight is 299 g/mol. The van der Waals surface area contributed by atoms with E-state index in [-0.39, 0.29) is 16.8 Å². The highest BCUT2D eigenvalue weighted by molar-refractivity contribution is 5.75. The van der Waals surface area contributed by atoms with E-state index in [0.29, 0.717) is 6.20 Å². The second-order valence-electron chi connectivity index (χ2n) is 4.29. The van der Waals surface area contributed by atoms with Crippen LogP contribution in [0.5, 0.6) is 0 Å². The van der Waals surface area contributed by atoms with E-state index in [2.05, 4.69) is 4.98 Å². The van der Waals surface area contributed by atoms with Gasteiger partial charge in [-0.25, -0.2) is 4.39 Å². The van der Waals surface area contributed by atoms with Crippen molar-refractivity contribution in [3.05, 3.63) is 53.6 Å².